The lowest BCUT2D eigenvalue weighted by Crippen LogP contribution is -2.62. The molecule has 3 rings (SSSR count). The van der Waals surface area contributed by atoms with E-state index in [1.54, 1.807) is 7.11 Å². The molecule has 5 nitrogen and oxygen atoms in total. The number of anilines is 2. The molecule has 1 N–H and O–H groups in total. The van der Waals surface area contributed by atoms with Gasteiger partial charge >= 0.3 is 6.03 Å². The molecule has 1 fully saturated rings. The summed E-state index contributed by atoms with van der Waals surface area (Å²) in [5, 5.41) is 2.94. The number of amides is 2. The second kappa shape index (κ2) is 7.92. The zero-order valence-electron chi connectivity index (χ0n) is 14.8. The topological polar surface area (TPSA) is 44.8 Å². The first-order valence-corrected chi connectivity index (χ1v) is 8.73. The molecule has 0 aliphatic carbocycles. The Morgan fingerprint density at radius 1 is 1.16 bits per heavy atom. The minimum Gasteiger partial charge on any atom is -0.497 e. The summed E-state index contributed by atoms with van der Waals surface area (Å²) in [6, 6.07) is 18.1. The fourth-order valence-corrected chi connectivity index (χ4v) is 3.08. The molecule has 1 aliphatic heterocycles. The van der Waals surface area contributed by atoms with Crippen molar-refractivity contribution in [2.24, 2.45) is 0 Å². The van der Waals surface area contributed by atoms with Crippen molar-refractivity contribution < 1.29 is 9.53 Å². The van der Waals surface area contributed by atoms with Crippen LogP contribution >= 0.6 is 0 Å². The number of urea groups is 1. The molecule has 0 saturated carbocycles. The number of hydrogen-bond acceptors (Lipinski definition) is 3. The monoisotopic (exact) mass is 339 g/mol. The SMILES string of the molecule is CCCN(c1ccccc1)C1CN(C(=O)Nc2ccc(OC)cc2)C1. The number of nitrogens with zero attached hydrogens (tertiary/aromatic N) is 2. The first-order valence-electron chi connectivity index (χ1n) is 8.73. The Hall–Kier alpha value is -2.69. The van der Waals surface area contributed by atoms with Gasteiger partial charge in [0, 0.05) is 31.0 Å². The van der Waals surface area contributed by atoms with Crippen molar-refractivity contribution >= 4 is 17.4 Å². The smallest absolute Gasteiger partial charge is 0.321 e. The summed E-state index contributed by atoms with van der Waals surface area (Å²) >= 11 is 0. The summed E-state index contributed by atoms with van der Waals surface area (Å²) in [6.45, 7) is 4.68. The molecule has 1 saturated heterocycles. The van der Waals surface area contributed by atoms with E-state index < -0.39 is 0 Å². The normalized spacial score (nSPS) is 13.9. The highest BCUT2D eigenvalue weighted by molar-refractivity contribution is 5.90. The summed E-state index contributed by atoms with van der Waals surface area (Å²) in [5.74, 6) is 0.778. The van der Waals surface area contributed by atoms with Gasteiger partial charge in [0.05, 0.1) is 13.2 Å². The third-order valence-electron chi connectivity index (χ3n) is 4.48. The summed E-state index contributed by atoms with van der Waals surface area (Å²) in [7, 11) is 1.63. The highest BCUT2D eigenvalue weighted by Crippen LogP contribution is 2.24. The van der Waals surface area contributed by atoms with Crippen LogP contribution in [0.3, 0.4) is 0 Å². The van der Waals surface area contributed by atoms with Crippen LogP contribution in [0.1, 0.15) is 13.3 Å². The number of ether oxygens (including phenoxy) is 1. The Kier molecular flexibility index (Phi) is 5.43. The molecule has 2 aromatic rings. The predicted molar refractivity (Wildman–Crippen MR) is 101 cm³/mol. The maximum atomic E-state index is 12.4. The van der Waals surface area contributed by atoms with E-state index in [0.717, 1.165) is 37.5 Å². The van der Waals surface area contributed by atoms with Crippen LogP contribution in [0.15, 0.2) is 54.6 Å². The van der Waals surface area contributed by atoms with Crippen LogP contribution < -0.4 is 15.0 Å². The van der Waals surface area contributed by atoms with Crippen molar-refractivity contribution in [1.29, 1.82) is 0 Å². The molecule has 25 heavy (non-hydrogen) atoms. The summed E-state index contributed by atoms with van der Waals surface area (Å²) in [5.41, 5.74) is 2.01. The van der Waals surface area contributed by atoms with Gasteiger partial charge in [-0.1, -0.05) is 25.1 Å². The summed E-state index contributed by atoms with van der Waals surface area (Å²) in [4.78, 5) is 16.6. The lowest BCUT2D eigenvalue weighted by Gasteiger charge is -2.46. The van der Waals surface area contributed by atoms with E-state index in [4.69, 9.17) is 4.74 Å². The fraction of sp³-hybridized carbons (Fsp3) is 0.350. The number of hydrogen-bond donors (Lipinski definition) is 1. The van der Waals surface area contributed by atoms with Crippen molar-refractivity contribution in [3.05, 3.63) is 54.6 Å². The molecular weight excluding hydrogens is 314 g/mol. The zero-order chi connectivity index (χ0) is 17.6. The third-order valence-corrected chi connectivity index (χ3v) is 4.48. The molecule has 2 aromatic carbocycles. The van der Waals surface area contributed by atoms with E-state index in [9.17, 15) is 4.79 Å². The first kappa shape index (κ1) is 17.1. The highest BCUT2D eigenvalue weighted by atomic mass is 16.5. The zero-order valence-corrected chi connectivity index (χ0v) is 14.8. The number of para-hydroxylation sites is 1. The number of rotatable bonds is 6. The van der Waals surface area contributed by atoms with Crippen molar-refractivity contribution in [1.82, 2.24) is 4.90 Å². The van der Waals surface area contributed by atoms with Crippen LogP contribution in [0.5, 0.6) is 5.75 Å². The molecule has 0 spiro atoms. The first-order chi connectivity index (χ1) is 12.2. The van der Waals surface area contributed by atoms with Crippen molar-refractivity contribution in [3.8, 4) is 5.75 Å². The largest absolute Gasteiger partial charge is 0.497 e. The average Bonchev–Trinajstić information content (AvgIpc) is 2.61. The standard InChI is InChI=1S/C20H25N3O2/c1-3-13-23(17-7-5-4-6-8-17)18-14-22(15-18)20(24)21-16-9-11-19(25-2)12-10-16/h4-12,18H,3,13-15H2,1-2H3,(H,21,24). The second-order valence-corrected chi connectivity index (χ2v) is 6.25. The molecule has 0 bridgehead atoms. The van der Waals surface area contributed by atoms with Crippen LogP contribution in [0, 0.1) is 0 Å². The van der Waals surface area contributed by atoms with Gasteiger partial charge in [0.15, 0.2) is 0 Å². The number of benzene rings is 2. The minimum absolute atomic E-state index is 0.0501. The van der Waals surface area contributed by atoms with E-state index in [-0.39, 0.29) is 6.03 Å². The predicted octanol–water partition coefficient (Wildman–Crippen LogP) is 3.83. The number of carbonyl (C=O) groups excluding carboxylic acids is 1. The molecule has 0 radical (unpaired) electrons. The fourth-order valence-electron chi connectivity index (χ4n) is 3.08. The second-order valence-electron chi connectivity index (χ2n) is 6.25. The maximum absolute atomic E-state index is 12.4. The van der Waals surface area contributed by atoms with Crippen LogP contribution in [-0.4, -0.2) is 43.7 Å². The van der Waals surface area contributed by atoms with Crippen molar-refractivity contribution in [3.63, 3.8) is 0 Å². The van der Waals surface area contributed by atoms with Crippen molar-refractivity contribution in [2.45, 2.75) is 19.4 Å². The van der Waals surface area contributed by atoms with E-state index in [1.165, 1.54) is 5.69 Å². The van der Waals surface area contributed by atoms with E-state index in [1.807, 2.05) is 35.2 Å². The van der Waals surface area contributed by atoms with Gasteiger partial charge in [-0.3, -0.25) is 0 Å². The van der Waals surface area contributed by atoms with Gasteiger partial charge in [-0.05, 0) is 42.8 Å². The van der Waals surface area contributed by atoms with Gasteiger partial charge in [-0.15, -0.1) is 0 Å². The molecule has 132 valence electrons. The van der Waals surface area contributed by atoms with Crippen LogP contribution in [0.4, 0.5) is 16.2 Å². The lowest BCUT2D eigenvalue weighted by atomic mass is 10.1. The van der Waals surface area contributed by atoms with E-state index in [0.29, 0.717) is 6.04 Å². The molecule has 0 aromatic heterocycles. The molecule has 1 aliphatic rings. The Morgan fingerprint density at radius 2 is 1.84 bits per heavy atom. The van der Waals surface area contributed by atoms with Gasteiger partial charge in [-0.2, -0.15) is 0 Å². The summed E-state index contributed by atoms with van der Waals surface area (Å²) in [6.07, 6.45) is 1.09. The number of nitrogens with one attached hydrogen (secondary N) is 1. The molecule has 5 heteroatoms. The summed E-state index contributed by atoms with van der Waals surface area (Å²) < 4.78 is 5.13. The molecule has 0 atom stereocenters. The van der Waals surface area contributed by atoms with Gasteiger partial charge in [0.2, 0.25) is 0 Å². The average molecular weight is 339 g/mol. The number of likely N-dealkylation sites (tertiary alicyclic amines) is 1. The minimum atomic E-state index is -0.0501. The van der Waals surface area contributed by atoms with Crippen molar-refractivity contribution in [2.75, 3.05) is 37.0 Å². The van der Waals surface area contributed by atoms with Crippen LogP contribution in [0.25, 0.3) is 0 Å². The number of carbonyl (C=O) groups is 1. The third kappa shape index (κ3) is 4.05. The van der Waals surface area contributed by atoms with E-state index >= 15 is 0 Å². The van der Waals surface area contributed by atoms with Gasteiger partial charge in [-0.25, -0.2) is 4.79 Å². The quantitative estimate of drug-likeness (QED) is 0.870. The molecule has 1 heterocycles. The Bertz CT molecular complexity index is 682. The van der Waals surface area contributed by atoms with Gasteiger partial charge in [0.1, 0.15) is 5.75 Å². The Morgan fingerprint density at radius 3 is 2.44 bits per heavy atom. The molecular formula is C20H25N3O2. The Balaban J connectivity index is 1.55. The van der Waals surface area contributed by atoms with E-state index in [2.05, 4.69) is 41.4 Å². The van der Waals surface area contributed by atoms with Crippen LogP contribution in [0.2, 0.25) is 0 Å². The number of methoxy groups -OCH3 is 1. The lowest BCUT2D eigenvalue weighted by molar-refractivity contribution is 0.161. The van der Waals surface area contributed by atoms with Gasteiger partial charge < -0.3 is 19.9 Å². The Labute approximate surface area is 149 Å². The molecule has 2 amide bonds. The van der Waals surface area contributed by atoms with Crippen LogP contribution in [-0.2, 0) is 0 Å². The molecule has 0 unspecified atom stereocenters. The maximum Gasteiger partial charge on any atom is 0.321 e. The van der Waals surface area contributed by atoms with Gasteiger partial charge in [0.25, 0.3) is 0 Å². The highest BCUT2D eigenvalue weighted by Gasteiger charge is 2.34.